The third-order valence-corrected chi connectivity index (χ3v) is 7.02. The summed E-state index contributed by atoms with van der Waals surface area (Å²) in [6.45, 7) is 4.52. The Kier molecular flexibility index (Phi) is 11.4. The number of likely N-dealkylation sites (tertiary alicyclic amines) is 1. The predicted octanol–water partition coefficient (Wildman–Crippen LogP) is 6.60. The molecule has 5 rings (SSSR count). The fraction of sp³-hybridized carbons (Fsp3) is 0.242. The first kappa shape index (κ1) is 32.3. The smallest absolute Gasteiger partial charge is 0.411 e. The van der Waals surface area contributed by atoms with E-state index in [2.05, 4.69) is 33.2 Å². The molecule has 0 saturated carbocycles. The third-order valence-electron chi connectivity index (χ3n) is 7.02. The number of anilines is 3. The van der Waals surface area contributed by atoms with Crippen molar-refractivity contribution in [3.05, 3.63) is 95.2 Å². The number of terminal acetylenes is 1. The Morgan fingerprint density at radius 3 is 2.44 bits per heavy atom. The van der Waals surface area contributed by atoms with Crippen LogP contribution in [0.3, 0.4) is 0 Å². The second-order valence-electron chi connectivity index (χ2n) is 9.81. The molecule has 0 spiro atoms. The summed E-state index contributed by atoms with van der Waals surface area (Å²) in [5.41, 5.74) is 10.0. The van der Waals surface area contributed by atoms with Gasteiger partial charge in [0.1, 0.15) is 17.5 Å². The number of methoxy groups -OCH3 is 1. The predicted molar refractivity (Wildman–Crippen MR) is 167 cm³/mol. The highest BCUT2D eigenvalue weighted by Gasteiger charge is 2.31. The van der Waals surface area contributed by atoms with E-state index in [-0.39, 0.29) is 18.5 Å². The molecule has 3 aromatic carbocycles. The number of rotatable bonds is 5. The van der Waals surface area contributed by atoms with E-state index in [9.17, 15) is 18.4 Å². The van der Waals surface area contributed by atoms with Gasteiger partial charge in [0, 0.05) is 35.6 Å². The maximum atomic E-state index is 13.1. The van der Waals surface area contributed by atoms with Gasteiger partial charge in [0.05, 0.1) is 19.7 Å². The van der Waals surface area contributed by atoms with Gasteiger partial charge in [0.15, 0.2) is 0 Å². The Hall–Kier alpha value is -5.17. The van der Waals surface area contributed by atoms with Gasteiger partial charge < -0.3 is 20.7 Å². The van der Waals surface area contributed by atoms with Crippen LogP contribution >= 0.6 is 0 Å². The maximum absolute atomic E-state index is 13.1. The van der Waals surface area contributed by atoms with Gasteiger partial charge in [0.25, 0.3) is 0 Å². The lowest BCUT2D eigenvalue weighted by Crippen LogP contribution is -2.35. The zero-order valence-corrected chi connectivity index (χ0v) is 24.4. The lowest BCUT2D eigenvalue weighted by atomic mass is 9.98. The van der Waals surface area contributed by atoms with Crippen molar-refractivity contribution < 1.29 is 23.1 Å². The van der Waals surface area contributed by atoms with Crippen LogP contribution in [0.4, 0.5) is 30.8 Å². The van der Waals surface area contributed by atoms with Crippen LogP contribution in [0.1, 0.15) is 35.6 Å². The van der Waals surface area contributed by atoms with Crippen LogP contribution in [-0.4, -0.2) is 42.1 Å². The number of hydrogen-bond donors (Lipinski definition) is 3. The Morgan fingerprint density at radius 1 is 1.02 bits per heavy atom. The van der Waals surface area contributed by atoms with Crippen LogP contribution in [0.15, 0.2) is 66.9 Å². The average molecular weight is 588 g/mol. The van der Waals surface area contributed by atoms with Gasteiger partial charge in [-0.1, -0.05) is 12.1 Å². The number of halogens is 2. The highest BCUT2D eigenvalue weighted by Crippen LogP contribution is 2.35. The molecule has 1 saturated heterocycles. The molecule has 0 aliphatic carbocycles. The van der Waals surface area contributed by atoms with E-state index in [1.165, 1.54) is 19.2 Å². The van der Waals surface area contributed by atoms with E-state index >= 15 is 0 Å². The molecule has 1 aliphatic heterocycles. The number of aromatic nitrogens is 1. The summed E-state index contributed by atoms with van der Waals surface area (Å²) in [6.07, 6.45) is 11.0. The van der Waals surface area contributed by atoms with E-state index in [1.54, 1.807) is 13.1 Å². The zero-order valence-electron chi connectivity index (χ0n) is 24.4. The summed E-state index contributed by atoms with van der Waals surface area (Å²) in [6, 6.07) is 16.9. The number of amides is 2. The number of aryl methyl sites for hydroxylation is 2. The number of fused-ring (bicyclic) bond motifs is 1. The minimum absolute atomic E-state index is 0.0221. The summed E-state index contributed by atoms with van der Waals surface area (Å²) in [4.78, 5) is 30.7. The monoisotopic (exact) mass is 587 g/mol. The third kappa shape index (κ3) is 8.42. The van der Waals surface area contributed by atoms with Gasteiger partial charge in [-0.3, -0.25) is 10.1 Å². The zero-order chi connectivity index (χ0) is 31.5. The fourth-order valence-electron chi connectivity index (χ4n) is 4.79. The van der Waals surface area contributed by atoms with Crippen LogP contribution < -0.4 is 16.4 Å². The number of carbonyl (C=O) groups excluding carboxylic acids is 2. The van der Waals surface area contributed by atoms with Gasteiger partial charge in [-0.25, -0.2) is 18.6 Å². The van der Waals surface area contributed by atoms with Crippen LogP contribution in [0.25, 0.3) is 10.8 Å². The normalized spacial score (nSPS) is 13.7. The van der Waals surface area contributed by atoms with Gasteiger partial charge in [-0.05, 0) is 91.2 Å². The molecular formula is C33H35F2N5O3. The molecule has 1 atom stereocenters. The van der Waals surface area contributed by atoms with E-state index in [0.29, 0.717) is 23.6 Å². The minimum atomic E-state index is -0.530. The largest absolute Gasteiger partial charge is 0.453 e. The van der Waals surface area contributed by atoms with Crippen LogP contribution in [0, 0.1) is 38.3 Å². The lowest BCUT2D eigenvalue weighted by molar-refractivity contribution is -0.130. The Bertz CT molecular complexity index is 1610. The van der Waals surface area contributed by atoms with E-state index < -0.39 is 17.7 Å². The lowest BCUT2D eigenvalue weighted by Gasteiger charge is -2.27. The van der Waals surface area contributed by atoms with E-state index in [0.717, 1.165) is 46.5 Å². The number of nitrogens with two attached hydrogens (primary N) is 1. The number of benzene rings is 3. The topological polar surface area (TPSA) is 110 Å². The SMILES string of the molecule is C#C.COC(=O)Nc1ccc(C)c([C@H]2CCCN2C(=O)CNc2ccc3c(N)nccc3c2)c1.Cc1ccc(F)cc1F. The van der Waals surface area contributed by atoms with Crippen molar-refractivity contribution in [2.75, 3.05) is 36.6 Å². The molecule has 4 aromatic rings. The molecular weight excluding hydrogens is 552 g/mol. The van der Waals surface area contributed by atoms with Gasteiger partial charge >= 0.3 is 6.09 Å². The van der Waals surface area contributed by atoms with Gasteiger partial charge in [-0.2, -0.15) is 0 Å². The molecule has 10 heteroatoms. The number of pyridine rings is 1. The molecule has 8 nitrogen and oxygen atoms in total. The highest BCUT2D eigenvalue weighted by molar-refractivity contribution is 5.93. The van der Waals surface area contributed by atoms with Crippen molar-refractivity contribution in [3.8, 4) is 12.8 Å². The first-order chi connectivity index (χ1) is 20.7. The Labute approximate surface area is 250 Å². The molecule has 1 fully saturated rings. The minimum Gasteiger partial charge on any atom is -0.453 e. The second-order valence-corrected chi connectivity index (χ2v) is 9.81. The maximum Gasteiger partial charge on any atom is 0.411 e. The molecule has 224 valence electrons. The summed E-state index contributed by atoms with van der Waals surface area (Å²) in [7, 11) is 1.33. The van der Waals surface area contributed by atoms with E-state index in [1.807, 2.05) is 54.3 Å². The molecule has 0 bridgehead atoms. The van der Waals surface area contributed by atoms with Crippen molar-refractivity contribution in [1.82, 2.24) is 9.88 Å². The Morgan fingerprint density at radius 2 is 1.74 bits per heavy atom. The first-order valence-corrected chi connectivity index (χ1v) is 13.5. The molecule has 1 aliphatic rings. The van der Waals surface area contributed by atoms with Crippen LogP contribution in [0.2, 0.25) is 0 Å². The fourth-order valence-corrected chi connectivity index (χ4v) is 4.79. The summed E-state index contributed by atoms with van der Waals surface area (Å²) >= 11 is 0. The first-order valence-electron chi connectivity index (χ1n) is 13.5. The summed E-state index contributed by atoms with van der Waals surface area (Å²) < 4.78 is 29.1. The molecule has 4 N–H and O–H groups in total. The summed E-state index contributed by atoms with van der Waals surface area (Å²) in [5, 5.41) is 7.80. The number of nitrogens with zero attached hydrogens (tertiary/aromatic N) is 2. The number of nitrogen functional groups attached to an aromatic ring is 1. The number of carbonyl (C=O) groups is 2. The van der Waals surface area contributed by atoms with Crippen LogP contribution in [-0.2, 0) is 9.53 Å². The van der Waals surface area contributed by atoms with Crippen molar-refractivity contribution in [2.45, 2.75) is 32.7 Å². The second kappa shape index (κ2) is 15.2. The molecule has 2 heterocycles. The van der Waals surface area contributed by atoms with Crippen molar-refractivity contribution >= 4 is 40.0 Å². The number of nitrogens with one attached hydrogen (secondary N) is 2. The number of ether oxygens (including phenoxy) is 1. The molecule has 0 radical (unpaired) electrons. The molecule has 0 unspecified atom stereocenters. The van der Waals surface area contributed by atoms with E-state index in [4.69, 9.17) is 5.73 Å². The molecule has 2 amide bonds. The van der Waals surface area contributed by atoms with Gasteiger partial charge in [0.2, 0.25) is 5.91 Å². The highest BCUT2D eigenvalue weighted by atomic mass is 19.1. The number of hydrogen-bond acceptors (Lipinski definition) is 6. The quantitative estimate of drug-likeness (QED) is 0.227. The molecule has 43 heavy (non-hydrogen) atoms. The van der Waals surface area contributed by atoms with Crippen molar-refractivity contribution in [3.63, 3.8) is 0 Å². The van der Waals surface area contributed by atoms with Crippen LogP contribution in [0.5, 0.6) is 0 Å². The van der Waals surface area contributed by atoms with Crippen molar-refractivity contribution in [2.24, 2.45) is 0 Å². The Balaban J connectivity index is 0.000000390. The standard InChI is InChI=1S/C24H27N5O3.C7H6F2.C2H2/c1-15-5-6-18(28-24(31)32-2)13-20(15)21-4-3-11-29(21)22(30)14-27-17-7-8-19-16(12-17)9-10-26-23(19)25;1-5-2-3-6(8)4-7(5)9;1-2/h5-10,12-13,21,27H,3-4,11,14H2,1-2H3,(H2,25,26)(H,28,31);2-4H,1H3;1-2H/t21-;;/m1../s1. The summed E-state index contributed by atoms with van der Waals surface area (Å²) in [5.74, 6) is -0.495. The average Bonchev–Trinajstić information content (AvgIpc) is 3.50. The van der Waals surface area contributed by atoms with Crippen molar-refractivity contribution in [1.29, 1.82) is 0 Å². The van der Waals surface area contributed by atoms with Gasteiger partial charge in [-0.15, -0.1) is 12.8 Å². The molecule has 1 aromatic heterocycles.